The summed E-state index contributed by atoms with van der Waals surface area (Å²) in [7, 11) is 0. The molecule has 4 aliphatic carbocycles. The molecule has 84 valence electrons. The molecule has 1 nitrogen and oxygen atoms in total. The van der Waals surface area contributed by atoms with Gasteiger partial charge in [0.25, 0.3) is 0 Å². The quantitative estimate of drug-likeness (QED) is 0.704. The van der Waals surface area contributed by atoms with Gasteiger partial charge in [-0.05, 0) is 74.7 Å². The van der Waals surface area contributed by atoms with Crippen molar-refractivity contribution in [1.29, 1.82) is 0 Å². The summed E-state index contributed by atoms with van der Waals surface area (Å²) < 4.78 is 0. The first-order chi connectivity index (χ1) is 7.30. The third-order valence-electron chi connectivity index (χ3n) is 4.89. The van der Waals surface area contributed by atoms with Gasteiger partial charge in [-0.15, -0.1) is 0 Å². The van der Waals surface area contributed by atoms with Crippen LogP contribution in [0.3, 0.4) is 0 Å². The minimum atomic E-state index is 0.615. The lowest BCUT2D eigenvalue weighted by atomic mass is 9.49. The molecule has 0 atom stereocenters. The lowest BCUT2D eigenvalue weighted by Gasteiger charge is -2.56. The van der Waals surface area contributed by atoms with Crippen LogP contribution in [0, 0.1) is 23.2 Å². The smallest absolute Gasteiger partial charge is 0.00426 e. The van der Waals surface area contributed by atoms with E-state index in [1.54, 1.807) is 19.3 Å². The van der Waals surface area contributed by atoms with Crippen molar-refractivity contribution < 1.29 is 0 Å². The predicted octanol–water partition coefficient (Wildman–Crippen LogP) is 3.11. The van der Waals surface area contributed by atoms with Crippen molar-refractivity contribution in [2.45, 2.75) is 44.9 Å². The van der Waals surface area contributed by atoms with Crippen LogP contribution in [0.1, 0.15) is 44.9 Å². The Morgan fingerprint density at radius 1 is 1.00 bits per heavy atom. The number of allylic oxidation sites excluding steroid dienone is 1. The molecule has 4 fully saturated rings. The van der Waals surface area contributed by atoms with Crippen molar-refractivity contribution in [3.8, 4) is 0 Å². The molecule has 15 heavy (non-hydrogen) atoms. The van der Waals surface area contributed by atoms with E-state index in [1.807, 2.05) is 0 Å². The lowest BCUT2D eigenvalue weighted by molar-refractivity contribution is -0.0238. The first kappa shape index (κ1) is 9.89. The summed E-state index contributed by atoms with van der Waals surface area (Å²) in [4.78, 5) is 0. The van der Waals surface area contributed by atoms with Crippen LogP contribution in [0.2, 0.25) is 0 Å². The Morgan fingerprint density at radius 3 is 2.00 bits per heavy atom. The van der Waals surface area contributed by atoms with Crippen molar-refractivity contribution in [2.75, 3.05) is 6.54 Å². The van der Waals surface area contributed by atoms with Crippen molar-refractivity contribution >= 4 is 0 Å². The predicted molar refractivity (Wildman–Crippen MR) is 63.4 cm³/mol. The van der Waals surface area contributed by atoms with Gasteiger partial charge in [0.15, 0.2) is 0 Å². The first-order valence-corrected chi connectivity index (χ1v) is 6.67. The van der Waals surface area contributed by atoms with Gasteiger partial charge >= 0.3 is 0 Å². The van der Waals surface area contributed by atoms with Crippen molar-refractivity contribution in [2.24, 2.45) is 28.9 Å². The minimum absolute atomic E-state index is 0.615. The second-order valence-electron chi connectivity index (χ2n) is 6.26. The average Bonchev–Trinajstić information content (AvgIpc) is 2.15. The molecule has 2 N–H and O–H groups in total. The molecule has 0 saturated heterocycles. The molecule has 4 rings (SSSR count). The topological polar surface area (TPSA) is 26.0 Å². The molecule has 0 radical (unpaired) electrons. The standard InChI is InChI=1S/C14H23N/c15-4-2-1-3-14-8-11-5-12(9-14)7-13(6-11)10-14/h1,3,11-13H,2,4-10,15H2/b3-1+. The van der Waals surface area contributed by atoms with E-state index in [0.29, 0.717) is 5.41 Å². The second-order valence-corrected chi connectivity index (χ2v) is 6.26. The van der Waals surface area contributed by atoms with Crippen LogP contribution in [-0.2, 0) is 0 Å². The number of hydrogen-bond donors (Lipinski definition) is 1. The zero-order chi connectivity index (χ0) is 10.3. The van der Waals surface area contributed by atoms with E-state index in [-0.39, 0.29) is 0 Å². The summed E-state index contributed by atoms with van der Waals surface area (Å²) in [6, 6.07) is 0. The average molecular weight is 205 g/mol. The fraction of sp³-hybridized carbons (Fsp3) is 0.857. The molecule has 0 spiro atoms. The third kappa shape index (κ3) is 1.75. The summed E-state index contributed by atoms with van der Waals surface area (Å²) in [6.07, 6.45) is 15.1. The Balaban J connectivity index is 1.75. The van der Waals surface area contributed by atoms with Gasteiger partial charge in [0.05, 0.1) is 0 Å². The lowest BCUT2D eigenvalue weighted by Crippen LogP contribution is -2.44. The molecule has 0 aromatic rings. The molecule has 0 aromatic heterocycles. The van der Waals surface area contributed by atoms with E-state index in [2.05, 4.69) is 12.2 Å². The Morgan fingerprint density at radius 2 is 1.53 bits per heavy atom. The largest absolute Gasteiger partial charge is 0.330 e. The van der Waals surface area contributed by atoms with Gasteiger partial charge in [0, 0.05) is 0 Å². The van der Waals surface area contributed by atoms with Crippen LogP contribution >= 0.6 is 0 Å². The van der Waals surface area contributed by atoms with Gasteiger partial charge in [-0.2, -0.15) is 0 Å². The molecule has 0 amide bonds. The SMILES string of the molecule is NCC/C=C/C12CC3CC(CC(C3)C1)C2. The van der Waals surface area contributed by atoms with Gasteiger partial charge in [0.1, 0.15) is 0 Å². The molecule has 0 aliphatic heterocycles. The molecular weight excluding hydrogens is 182 g/mol. The van der Waals surface area contributed by atoms with E-state index < -0.39 is 0 Å². The van der Waals surface area contributed by atoms with Gasteiger partial charge in [-0.1, -0.05) is 12.2 Å². The molecule has 0 heterocycles. The fourth-order valence-corrected chi connectivity index (χ4v) is 4.81. The van der Waals surface area contributed by atoms with Crippen molar-refractivity contribution in [3.05, 3.63) is 12.2 Å². The molecule has 4 aliphatic rings. The van der Waals surface area contributed by atoms with E-state index >= 15 is 0 Å². The summed E-state index contributed by atoms with van der Waals surface area (Å²) in [5.74, 6) is 3.20. The van der Waals surface area contributed by atoms with Crippen molar-refractivity contribution in [1.82, 2.24) is 0 Å². The maximum absolute atomic E-state index is 5.55. The normalized spacial score (nSPS) is 47.9. The molecule has 4 bridgehead atoms. The van der Waals surface area contributed by atoms with E-state index in [4.69, 9.17) is 5.73 Å². The number of hydrogen-bond acceptors (Lipinski definition) is 1. The monoisotopic (exact) mass is 205 g/mol. The fourth-order valence-electron chi connectivity index (χ4n) is 4.81. The highest BCUT2D eigenvalue weighted by Crippen LogP contribution is 2.60. The van der Waals surface area contributed by atoms with E-state index in [0.717, 1.165) is 30.7 Å². The van der Waals surface area contributed by atoms with Crippen LogP contribution < -0.4 is 5.73 Å². The van der Waals surface area contributed by atoms with Gasteiger partial charge in [-0.25, -0.2) is 0 Å². The Bertz CT molecular complexity index is 231. The van der Waals surface area contributed by atoms with Crippen LogP contribution in [0.5, 0.6) is 0 Å². The Hall–Kier alpha value is -0.300. The minimum Gasteiger partial charge on any atom is -0.330 e. The van der Waals surface area contributed by atoms with Crippen LogP contribution in [0.4, 0.5) is 0 Å². The third-order valence-corrected chi connectivity index (χ3v) is 4.89. The molecule has 4 saturated carbocycles. The molecule has 0 unspecified atom stereocenters. The maximum atomic E-state index is 5.55. The number of rotatable bonds is 3. The van der Waals surface area contributed by atoms with Crippen LogP contribution in [0.25, 0.3) is 0 Å². The first-order valence-electron chi connectivity index (χ1n) is 6.67. The molecule has 0 aromatic carbocycles. The Labute approximate surface area is 93.1 Å². The van der Waals surface area contributed by atoms with E-state index in [1.165, 1.54) is 19.3 Å². The van der Waals surface area contributed by atoms with E-state index in [9.17, 15) is 0 Å². The van der Waals surface area contributed by atoms with Gasteiger partial charge < -0.3 is 5.73 Å². The molecule has 1 heteroatoms. The Kier molecular flexibility index (Phi) is 2.39. The maximum Gasteiger partial charge on any atom is -0.00426 e. The molecular formula is C14H23N. The highest BCUT2D eigenvalue weighted by molar-refractivity contribution is 5.10. The van der Waals surface area contributed by atoms with Crippen LogP contribution in [0.15, 0.2) is 12.2 Å². The highest BCUT2D eigenvalue weighted by Gasteiger charge is 2.49. The van der Waals surface area contributed by atoms with Gasteiger partial charge in [0.2, 0.25) is 0 Å². The summed E-state index contributed by atoms with van der Waals surface area (Å²) in [5.41, 5.74) is 6.17. The second kappa shape index (κ2) is 3.62. The number of nitrogens with two attached hydrogens (primary N) is 1. The van der Waals surface area contributed by atoms with Crippen LogP contribution in [-0.4, -0.2) is 6.54 Å². The summed E-state index contributed by atoms with van der Waals surface area (Å²) in [5, 5.41) is 0. The summed E-state index contributed by atoms with van der Waals surface area (Å²) >= 11 is 0. The zero-order valence-corrected chi connectivity index (χ0v) is 9.62. The van der Waals surface area contributed by atoms with Crippen molar-refractivity contribution in [3.63, 3.8) is 0 Å². The highest BCUT2D eigenvalue weighted by atomic mass is 14.5. The summed E-state index contributed by atoms with van der Waals surface area (Å²) in [6.45, 7) is 0.808. The van der Waals surface area contributed by atoms with Gasteiger partial charge in [-0.3, -0.25) is 0 Å². The zero-order valence-electron chi connectivity index (χ0n) is 9.62.